The molecular weight excluding hydrogens is 524 g/mol. The van der Waals surface area contributed by atoms with Crippen LogP contribution in [0, 0.1) is 0 Å². The maximum Gasteiger partial charge on any atom is 0.342 e. The van der Waals surface area contributed by atoms with E-state index in [4.69, 9.17) is 37.9 Å². The third-order valence-corrected chi connectivity index (χ3v) is 7.31. The van der Waals surface area contributed by atoms with Gasteiger partial charge < -0.3 is 43.0 Å². The first-order valence-corrected chi connectivity index (χ1v) is 12.5. The second kappa shape index (κ2) is 10.2. The van der Waals surface area contributed by atoms with Crippen molar-refractivity contribution in [1.82, 2.24) is 0 Å². The fourth-order valence-corrected chi connectivity index (χ4v) is 5.53. The van der Waals surface area contributed by atoms with Crippen LogP contribution in [0.15, 0.2) is 18.2 Å². The summed E-state index contributed by atoms with van der Waals surface area (Å²) in [4.78, 5) is 24.9. The van der Waals surface area contributed by atoms with Gasteiger partial charge in [0, 0.05) is 23.4 Å². The molecule has 5 rings (SSSR count). The molecule has 11 nitrogen and oxygen atoms in total. The zero-order valence-corrected chi connectivity index (χ0v) is 23.1. The Morgan fingerprint density at radius 3 is 2.20 bits per heavy atom. The molecule has 2 aliphatic rings. The van der Waals surface area contributed by atoms with Crippen LogP contribution >= 0.6 is 0 Å². The van der Waals surface area contributed by atoms with Crippen molar-refractivity contribution in [3.8, 4) is 40.2 Å². The molecule has 0 aliphatic carbocycles. The average Bonchev–Trinajstić information content (AvgIpc) is 3.32. The molecule has 212 valence electrons. The summed E-state index contributed by atoms with van der Waals surface area (Å²) in [6.45, 7) is 0. The van der Waals surface area contributed by atoms with Gasteiger partial charge in [-0.15, -0.1) is 0 Å². The number of hydrogen-bond donors (Lipinski definition) is 1. The standard InChI is InChI=1S/C29H30O11/c1-33-16-11-17-22(19(30)12-16)24(35-3)18-13-29(40-26(18)25(17)36-4)8-7-14-9-15(10-20(31)34-2)21(28(32)38-6)27(37-5)23(14)39-29/h9,11-12,30H,7-8,10,13H2,1-6H3. The normalized spacial score (nSPS) is 16.9. The molecule has 1 spiro atoms. The summed E-state index contributed by atoms with van der Waals surface area (Å²) in [5.41, 5.74) is 1.87. The lowest BCUT2D eigenvalue weighted by Gasteiger charge is -2.36. The third kappa shape index (κ3) is 4.12. The molecule has 2 aliphatic heterocycles. The number of hydrogen-bond acceptors (Lipinski definition) is 11. The van der Waals surface area contributed by atoms with E-state index < -0.39 is 17.7 Å². The van der Waals surface area contributed by atoms with Gasteiger partial charge >= 0.3 is 11.9 Å². The quantitative estimate of drug-likeness (QED) is 0.429. The van der Waals surface area contributed by atoms with Crippen LogP contribution in [-0.4, -0.2) is 65.5 Å². The Bertz CT molecular complexity index is 1530. The van der Waals surface area contributed by atoms with Gasteiger partial charge in [-0.25, -0.2) is 4.79 Å². The van der Waals surface area contributed by atoms with Gasteiger partial charge in [0.2, 0.25) is 0 Å². The summed E-state index contributed by atoms with van der Waals surface area (Å²) in [6, 6.07) is 4.97. The Hall–Kier alpha value is -4.54. The zero-order chi connectivity index (χ0) is 28.8. The smallest absolute Gasteiger partial charge is 0.342 e. The van der Waals surface area contributed by atoms with E-state index in [9.17, 15) is 14.7 Å². The molecule has 40 heavy (non-hydrogen) atoms. The van der Waals surface area contributed by atoms with Crippen LogP contribution in [0.4, 0.5) is 0 Å². The van der Waals surface area contributed by atoms with Crippen LogP contribution < -0.4 is 28.4 Å². The molecule has 0 radical (unpaired) electrons. The third-order valence-electron chi connectivity index (χ3n) is 7.31. The minimum atomic E-state index is -1.20. The fourth-order valence-electron chi connectivity index (χ4n) is 5.53. The van der Waals surface area contributed by atoms with Crippen molar-refractivity contribution in [2.24, 2.45) is 0 Å². The minimum absolute atomic E-state index is 0.0364. The van der Waals surface area contributed by atoms with Gasteiger partial charge in [0.15, 0.2) is 23.0 Å². The van der Waals surface area contributed by atoms with E-state index in [1.165, 1.54) is 48.7 Å². The lowest BCUT2D eigenvalue weighted by Crippen LogP contribution is -2.44. The summed E-state index contributed by atoms with van der Waals surface area (Å²) >= 11 is 0. The first-order chi connectivity index (χ1) is 19.2. The van der Waals surface area contributed by atoms with Crippen LogP contribution in [0.3, 0.4) is 0 Å². The predicted octanol–water partition coefficient (Wildman–Crippen LogP) is 3.74. The van der Waals surface area contributed by atoms with Gasteiger partial charge in [-0.2, -0.15) is 0 Å². The van der Waals surface area contributed by atoms with E-state index in [-0.39, 0.29) is 29.9 Å². The Kier molecular flexibility index (Phi) is 6.91. The molecule has 3 aromatic carbocycles. The van der Waals surface area contributed by atoms with Crippen LogP contribution in [0.25, 0.3) is 10.8 Å². The van der Waals surface area contributed by atoms with Crippen molar-refractivity contribution in [3.63, 3.8) is 0 Å². The number of benzene rings is 3. The molecule has 0 bridgehead atoms. The molecule has 11 heteroatoms. The highest BCUT2D eigenvalue weighted by atomic mass is 16.7. The highest BCUT2D eigenvalue weighted by Crippen LogP contribution is 2.57. The van der Waals surface area contributed by atoms with Crippen molar-refractivity contribution in [2.45, 2.75) is 31.5 Å². The lowest BCUT2D eigenvalue weighted by molar-refractivity contribution is -0.139. The summed E-state index contributed by atoms with van der Waals surface area (Å²) in [5.74, 6) is -0.327. The van der Waals surface area contributed by atoms with Crippen LogP contribution in [0.1, 0.15) is 33.5 Å². The monoisotopic (exact) mass is 554 g/mol. The summed E-state index contributed by atoms with van der Waals surface area (Å²) in [5, 5.41) is 11.9. The Morgan fingerprint density at radius 2 is 1.57 bits per heavy atom. The maximum absolute atomic E-state index is 12.8. The Labute approximate surface area is 230 Å². The summed E-state index contributed by atoms with van der Waals surface area (Å²) in [7, 11) is 8.46. The maximum atomic E-state index is 12.8. The molecule has 1 unspecified atom stereocenters. The molecule has 0 saturated carbocycles. The van der Waals surface area contributed by atoms with Gasteiger partial charge in [-0.05, 0) is 23.6 Å². The van der Waals surface area contributed by atoms with Crippen molar-refractivity contribution in [2.75, 3.05) is 42.7 Å². The predicted molar refractivity (Wildman–Crippen MR) is 141 cm³/mol. The van der Waals surface area contributed by atoms with Gasteiger partial charge in [0.1, 0.15) is 22.8 Å². The van der Waals surface area contributed by atoms with E-state index in [0.29, 0.717) is 63.5 Å². The second-order valence-electron chi connectivity index (χ2n) is 9.41. The van der Waals surface area contributed by atoms with Gasteiger partial charge in [-0.1, -0.05) is 6.07 Å². The van der Waals surface area contributed by atoms with Crippen LogP contribution in [0.5, 0.6) is 40.2 Å². The molecular formula is C29H30O11. The number of rotatable bonds is 7. The highest BCUT2D eigenvalue weighted by molar-refractivity contribution is 6.02. The topological polar surface area (TPSA) is 128 Å². The molecule has 0 aromatic heterocycles. The van der Waals surface area contributed by atoms with Crippen molar-refractivity contribution < 1.29 is 52.6 Å². The van der Waals surface area contributed by atoms with Crippen LogP contribution in [-0.2, 0) is 33.5 Å². The molecule has 3 aromatic rings. The van der Waals surface area contributed by atoms with E-state index in [0.717, 1.165) is 5.56 Å². The zero-order valence-electron chi connectivity index (χ0n) is 23.1. The van der Waals surface area contributed by atoms with Crippen LogP contribution in [0.2, 0.25) is 0 Å². The number of aromatic hydroxyl groups is 1. The number of methoxy groups -OCH3 is 6. The molecule has 0 amide bonds. The number of carbonyl (C=O) groups excluding carboxylic acids is 2. The number of carbonyl (C=O) groups is 2. The molecule has 1 N–H and O–H groups in total. The number of aryl methyl sites for hydroxylation is 1. The lowest BCUT2D eigenvalue weighted by atomic mass is 9.91. The van der Waals surface area contributed by atoms with Gasteiger partial charge in [-0.3, -0.25) is 4.79 Å². The molecule has 0 saturated heterocycles. The Balaban J connectivity index is 1.65. The van der Waals surface area contributed by atoms with E-state index >= 15 is 0 Å². The first-order valence-electron chi connectivity index (χ1n) is 12.5. The van der Waals surface area contributed by atoms with Crippen molar-refractivity contribution >= 4 is 22.7 Å². The average molecular weight is 555 g/mol. The van der Waals surface area contributed by atoms with Gasteiger partial charge in [0.05, 0.1) is 60.9 Å². The van der Waals surface area contributed by atoms with Gasteiger partial charge in [0.25, 0.3) is 5.79 Å². The molecule has 2 heterocycles. The number of ether oxygens (including phenoxy) is 8. The first kappa shape index (κ1) is 27.0. The molecule has 1 atom stereocenters. The molecule has 0 fully saturated rings. The second-order valence-corrected chi connectivity index (χ2v) is 9.41. The number of phenolic OH excluding ortho intramolecular Hbond substituents is 1. The van der Waals surface area contributed by atoms with E-state index in [1.807, 2.05) is 0 Å². The number of fused-ring (bicyclic) bond motifs is 3. The van der Waals surface area contributed by atoms with Crippen molar-refractivity contribution in [1.29, 1.82) is 0 Å². The summed E-state index contributed by atoms with van der Waals surface area (Å²) < 4.78 is 45.4. The highest BCUT2D eigenvalue weighted by Gasteiger charge is 2.49. The van der Waals surface area contributed by atoms with E-state index in [2.05, 4.69) is 0 Å². The van der Waals surface area contributed by atoms with E-state index in [1.54, 1.807) is 12.1 Å². The SMILES string of the molecule is COC(=O)Cc1cc2c(c(OC)c1C(=O)OC)OC1(CC2)Cc2c(c(OC)c3cc(OC)cc(O)c3c2OC)O1. The number of esters is 2. The minimum Gasteiger partial charge on any atom is -0.507 e. The number of phenols is 1. The fraction of sp³-hybridized carbons (Fsp3) is 0.379. The van der Waals surface area contributed by atoms with Crippen molar-refractivity contribution in [3.05, 3.63) is 40.5 Å². The summed E-state index contributed by atoms with van der Waals surface area (Å²) in [6.07, 6.45) is 1.01. The Morgan fingerprint density at radius 1 is 0.875 bits per heavy atom. The largest absolute Gasteiger partial charge is 0.507 e.